The quantitative estimate of drug-likeness (QED) is 0.590. The van der Waals surface area contributed by atoms with E-state index in [1.54, 1.807) is 0 Å². The van der Waals surface area contributed by atoms with Crippen LogP contribution in [-0.4, -0.2) is 0 Å². The standard InChI is InChI=1S/C17H18/c1-12-11-13(2)15-8-4-6-10-17(15)16-9-5-3-7-14(12)16/h3-10,12-13H,11H2,1-2H3/t12-,13-/m1/s1. The van der Waals surface area contributed by atoms with Crippen LogP contribution in [0.25, 0.3) is 11.1 Å². The Balaban J connectivity index is 2.30. The van der Waals surface area contributed by atoms with Crippen molar-refractivity contribution in [1.29, 1.82) is 0 Å². The molecule has 0 fully saturated rings. The highest BCUT2D eigenvalue weighted by atomic mass is 14.3. The second-order valence-corrected chi connectivity index (χ2v) is 5.21. The molecule has 0 saturated heterocycles. The summed E-state index contributed by atoms with van der Waals surface area (Å²) in [5, 5.41) is 0. The summed E-state index contributed by atoms with van der Waals surface area (Å²) in [4.78, 5) is 0. The molecule has 0 nitrogen and oxygen atoms in total. The molecule has 1 aliphatic rings. The Bertz CT molecular complexity index is 490. The lowest BCUT2D eigenvalue weighted by Crippen LogP contribution is -1.97. The molecule has 0 saturated carbocycles. The van der Waals surface area contributed by atoms with Crippen LogP contribution in [0.2, 0.25) is 0 Å². The fourth-order valence-corrected chi connectivity index (χ4v) is 3.13. The predicted octanol–water partition coefficient (Wildman–Crippen LogP) is 4.96. The van der Waals surface area contributed by atoms with E-state index >= 15 is 0 Å². The average Bonchev–Trinajstić information content (AvgIpc) is 2.48. The summed E-state index contributed by atoms with van der Waals surface area (Å²) in [6.07, 6.45) is 1.24. The molecule has 0 spiro atoms. The fraction of sp³-hybridized carbons (Fsp3) is 0.294. The molecule has 0 amide bonds. The van der Waals surface area contributed by atoms with Gasteiger partial charge in [0.25, 0.3) is 0 Å². The van der Waals surface area contributed by atoms with E-state index in [1.807, 2.05) is 0 Å². The summed E-state index contributed by atoms with van der Waals surface area (Å²) in [5.74, 6) is 1.29. The van der Waals surface area contributed by atoms with Gasteiger partial charge in [-0.15, -0.1) is 0 Å². The van der Waals surface area contributed by atoms with E-state index in [0.29, 0.717) is 11.8 Å². The van der Waals surface area contributed by atoms with Crippen molar-refractivity contribution in [2.24, 2.45) is 0 Å². The lowest BCUT2D eigenvalue weighted by molar-refractivity contribution is 0.602. The highest BCUT2D eigenvalue weighted by Gasteiger charge is 2.22. The molecule has 0 aliphatic heterocycles. The van der Waals surface area contributed by atoms with E-state index in [1.165, 1.54) is 28.7 Å². The SMILES string of the molecule is C[C@@H]1C[C@@H](C)c2ccccc2-c2ccccc21. The molecule has 0 bridgehead atoms. The fourth-order valence-electron chi connectivity index (χ4n) is 3.13. The minimum atomic E-state index is 0.647. The van der Waals surface area contributed by atoms with Crippen LogP contribution in [0.1, 0.15) is 43.2 Å². The van der Waals surface area contributed by atoms with Crippen LogP contribution in [0, 0.1) is 0 Å². The van der Waals surface area contributed by atoms with E-state index in [9.17, 15) is 0 Å². The van der Waals surface area contributed by atoms with Crippen molar-refractivity contribution in [3.8, 4) is 11.1 Å². The van der Waals surface area contributed by atoms with Gasteiger partial charge in [0.1, 0.15) is 0 Å². The molecule has 0 unspecified atom stereocenters. The van der Waals surface area contributed by atoms with Crippen molar-refractivity contribution in [2.75, 3.05) is 0 Å². The molecule has 2 aromatic rings. The monoisotopic (exact) mass is 222 g/mol. The largest absolute Gasteiger partial charge is 0.0619 e. The van der Waals surface area contributed by atoms with Crippen molar-refractivity contribution < 1.29 is 0 Å². The average molecular weight is 222 g/mol. The molecule has 0 heteroatoms. The van der Waals surface area contributed by atoms with Crippen LogP contribution in [0.3, 0.4) is 0 Å². The third-order valence-corrected chi connectivity index (χ3v) is 3.98. The van der Waals surface area contributed by atoms with Crippen molar-refractivity contribution in [3.05, 3.63) is 59.7 Å². The summed E-state index contributed by atoms with van der Waals surface area (Å²) >= 11 is 0. The molecule has 86 valence electrons. The first-order chi connectivity index (χ1) is 8.27. The number of rotatable bonds is 0. The van der Waals surface area contributed by atoms with Gasteiger partial charge in [-0.1, -0.05) is 62.4 Å². The van der Waals surface area contributed by atoms with E-state index in [0.717, 1.165) is 0 Å². The summed E-state index contributed by atoms with van der Waals surface area (Å²) in [5.41, 5.74) is 5.87. The molecular weight excluding hydrogens is 204 g/mol. The van der Waals surface area contributed by atoms with Crippen LogP contribution in [0.4, 0.5) is 0 Å². The Labute approximate surface area is 103 Å². The van der Waals surface area contributed by atoms with Crippen LogP contribution in [0.5, 0.6) is 0 Å². The molecule has 2 aromatic carbocycles. The predicted molar refractivity (Wildman–Crippen MR) is 73.3 cm³/mol. The Morgan fingerprint density at radius 3 is 1.59 bits per heavy atom. The molecule has 3 rings (SSSR count). The molecule has 0 heterocycles. The molecule has 0 N–H and O–H groups in total. The highest BCUT2D eigenvalue weighted by molar-refractivity contribution is 5.72. The van der Waals surface area contributed by atoms with Gasteiger partial charge < -0.3 is 0 Å². The second kappa shape index (κ2) is 4.03. The molecule has 17 heavy (non-hydrogen) atoms. The number of fused-ring (bicyclic) bond motifs is 3. The lowest BCUT2D eigenvalue weighted by atomic mass is 9.90. The normalized spacial score (nSPS) is 22.5. The maximum Gasteiger partial charge on any atom is -0.0146 e. The van der Waals surface area contributed by atoms with Crippen molar-refractivity contribution in [3.63, 3.8) is 0 Å². The summed E-state index contributed by atoms with van der Waals surface area (Å²) in [6, 6.07) is 17.7. The Morgan fingerprint density at radius 1 is 0.706 bits per heavy atom. The zero-order chi connectivity index (χ0) is 11.8. The van der Waals surface area contributed by atoms with E-state index < -0.39 is 0 Å². The van der Waals surface area contributed by atoms with Gasteiger partial charge in [-0.05, 0) is 40.5 Å². The van der Waals surface area contributed by atoms with E-state index in [4.69, 9.17) is 0 Å². The highest BCUT2D eigenvalue weighted by Crippen LogP contribution is 2.42. The van der Waals surface area contributed by atoms with Gasteiger partial charge in [0.05, 0.1) is 0 Å². The Kier molecular flexibility index (Phi) is 2.51. The van der Waals surface area contributed by atoms with Crippen molar-refractivity contribution >= 4 is 0 Å². The number of hydrogen-bond donors (Lipinski definition) is 0. The number of hydrogen-bond acceptors (Lipinski definition) is 0. The minimum Gasteiger partial charge on any atom is -0.0619 e. The van der Waals surface area contributed by atoms with Crippen LogP contribution < -0.4 is 0 Å². The molecule has 0 radical (unpaired) electrons. The first-order valence-electron chi connectivity index (χ1n) is 6.45. The maximum atomic E-state index is 2.35. The van der Waals surface area contributed by atoms with Gasteiger partial charge >= 0.3 is 0 Å². The van der Waals surface area contributed by atoms with Crippen molar-refractivity contribution in [2.45, 2.75) is 32.1 Å². The topological polar surface area (TPSA) is 0 Å². The summed E-state index contributed by atoms with van der Waals surface area (Å²) in [7, 11) is 0. The number of benzene rings is 2. The first-order valence-corrected chi connectivity index (χ1v) is 6.45. The third-order valence-electron chi connectivity index (χ3n) is 3.98. The van der Waals surface area contributed by atoms with Crippen LogP contribution in [-0.2, 0) is 0 Å². The maximum absolute atomic E-state index is 2.35. The van der Waals surface area contributed by atoms with E-state index in [-0.39, 0.29) is 0 Å². The first kappa shape index (κ1) is 10.6. The van der Waals surface area contributed by atoms with Gasteiger partial charge in [0.15, 0.2) is 0 Å². The van der Waals surface area contributed by atoms with Gasteiger partial charge in [-0.25, -0.2) is 0 Å². The Hall–Kier alpha value is -1.56. The summed E-state index contributed by atoms with van der Waals surface area (Å²) < 4.78 is 0. The van der Waals surface area contributed by atoms with Crippen LogP contribution >= 0.6 is 0 Å². The molecule has 2 atom stereocenters. The molecular formula is C17H18. The Morgan fingerprint density at radius 2 is 1.12 bits per heavy atom. The van der Waals surface area contributed by atoms with Gasteiger partial charge in [0.2, 0.25) is 0 Å². The lowest BCUT2D eigenvalue weighted by Gasteiger charge is -2.14. The summed E-state index contributed by atoms with van der Waals surface area (Å²) in [6.45, 7) is 4.70. The van der Waals surface area contributed by atoms with E-state index in [2.05, 4.69) is 62.4 Å². The zero-order valence-corrected chi connectivity index (χ0v) is 10.5. The van der Waals surface area contributed by atoms with Gasteiger partial charge in [0, 0.05) is 0 Å². The van der Waals surface area contributed by atoms with Gasteiger partial charge in [-0.2, -0.15) is 0 Å². The molecule has 1 aliphatic carbocycles. The third kappa shape index (κ3) is 1.68. The minimum absolute atomic E-state index is 0.647. The second-order valence-electron chi connectivity index (χ2n) is 5.21. The van der Waals surface area contributed by atoms with Crippen molar-refractivity contribution in [1.82, 2.24) is 0 Å². The smallest absolute Gasteiger partial charge is 0.0146 e. The van der Waals surface area contributed by atoms with Gasteiger partial charge in [-0.3, -0.25) is 0 Å². The molecule has 0 aromatic heterocycles. The zero-order valence-electron chi connectivity index (χ0n) is 10.5. The van der Waals surface area contributed by atoms with Crippen LogP contribution in [0.15, 0.2) is 48.5 Å².